The molecule has 0 radical (unpaired) electrons. The number of thiophene rings is 1. The highest BCUT2D eigenvalue weighted by Crippen LogP contribution is 2.34. The number of aliphatic imine (C=N–C) groups is 1. The molecule has 0 spiro atoms. The molecule has 104 valence electrons. The lowest BCUT2D eigenvalue weighted by molar-refractivity contribution is 0.191. The highest BCUT2D eigenvalue weighted by atomic mass is 32.1. The van der Waals surface area contributed by atoms with Crippen LogP contribution in [-0.4, -0.2) is 18.4 Å². The molecular weight excluding hydrogens is 284 g/mol. The van der Waals surface area contributed by atoms with E-state index in [1.807, 2.05) is 6.07 Å². The summed E-state index contributed by atoms with van der Waals surface area (Å²) in [5.74, 6) is 0. The zero-order chi connectivity index (χ0) is 15.2. The minimum absolute atomic E-state index is 0.189. The van der Waals surface area contributed by atoms with Gasteiger partial charge in [-0.3, -0.25) is 4.99 Å². The van der Waals surface area contributed by atoms with E-state index in [0.29, 0.717) is 21.0 Å². The molecule has 21 heavy (non-hydrogen) atoms. The molecule has 0 fully saturated rings. The van der Waals surface area contributed by atoms with Gasteiger partial charge in [-0.15, -0.1) is 11.3 Å². The summed E-state index contributed by atoms with van der Waals surface area (Å²) in [6.07, 6.45) is -0.763. The number of hydrogen-bond donors (Lipinski definition) is 2. The van der Waals surface area contributed by atoms with Crippen LogP contribution in [0.5, 0.6) is 0 Å². The smallest absolute Gasteiger partial charge is 0.111 e. The minimum atomic E-state index is -0.763. The Hall–Kier alpha value is -2.67. The number of aliphatic hydroxyl groups excluding tert-OH is 1. The van der Waals surface area contributed by atoms with Gasteiger partial charge < -0.3 is 10.4 Å². The maximum Gasteiger partial charge on any atom is 0.111 e. The van der Waals surface area contributed by atoms with Crippen molar-refractivity contribution >= 4 is 28.7 Å². The summed E-state index contributed by atoms with van der Waals surface area (Å²) in [5.41, 5.74) is 1.70. The third-order valence-corrected chi connectivity index (χ3v) is 3.90. The molecule has 5 nitrogen and oxygen atoms in total. The molecule has 2 aromatic rings. The molecule has 1 heterocycles. The second kappa shape index (κ2) is 6.67. The predicted octanol–water partition coefficient (Wildman–Crippen LogP) is 2.97. The van der Waals surface area contributed by atoms with Crippen molar-refractivity contribution in [2.75, 3.05) is 11.9 Å². The number of benzene rings is 1. The van der Waals surface area contributed by atoms with Crippen LogP contribution < -0.4 is 5.32 Å². The van der Waals surface area contributed by atoms with Gasteiger partial charge >= 0.3 is 0 Å². The number of nitrogens with zero attached hydrogens (tertiary/aromatic N) is 3. The molecule has 0 saturated carbocycles. The normalized spacial score (nSPS) is 11.2. The first-order chi connectivity index (χ1) is 10.2. The Balaban J connectivity index is 2.29. The lowest BCUT2D eigenvalue weighted by Crippen LogP contribution is -1.97. The Morgan fingerprint density at radius 1 is 1.33 bits per heavy atom. The van der Waals surface area contributed by atoms with Crippen LogP contribution in [0.25, 0.3) is 0 Å². The van der Waals surface area contributed by atoms with Crippen LogP contribution in [0.4, 0.5) is 10.7 Å². The molecule has 2 rings (SSSR count). The van der Waals surface area contributed by atoms with Crippen molar-refractivity contribution < 1.29 is 5.11 Å². The van der Waals surface area contributed by atoms with Crippen LogP contribution in [-0.2, 0) is 0 Å². The van der Waals surface area contributed by atoms with E-state index in [-0.39, 0.29) is 6.54 Å². The van der Waals surface area contributed by atoms with Crippen molar-refractivity contribution in [3.8, 4) is 12.1 Å². The Morgan fingerprint density at radius 3 is 2.81 bits per heavy atom. The van der Waals surface area contributed by atoms with Crippen LogP contribution in [0.3, 0.4) is 0 Å². The van der Waals surface area contributed by atoms with E-state index in [1.165, 1.54) is 11.3 Å². The molecule has 1 unspecified atom stereocenters. The van der Waals surface area contributed by atoms with Crippen molar-refractivity contribution in [2.24, 2.45) is 4.99 Å². The average molecular weight is 296 g/mol. The number of rotatable bonds is 5. The second-order valence-electron chi connectivity index (χ2n) is 4.24. The fourth-order valence-electron chi connectivity index (χ4n) is 1.76. The monoisotopic (exact) mass is 296 g/mol. The third-order valence-electron chi connectivity index (χ3n) is 2.75. The molecule has 0 saturated heterocycles. The predicted molar refractivity (Wildman–Crippen MR) is 82.8 cm³/mol. The zero-order valence-corrected chi connectivity index (χ0v) is 11.9. The fourth-order valence-corrected chi connectivity index (χ4v) is 2.77. The van der Waals surface area contributed by atoms with E-state index in [1.54, 1.807) is 24.3 Å². The van der Waals surface area contributed by atoms with Crippen LogP contribution in [0.15, 0.2) is 35.3 Å². The van der Waals surface area contributed by atoms with Crippen molar-refractivity contribution in [2.45, 2.75) is 6.10 Å². The van der Waals surface area contributed by atoms with Gasteiger partial charge in [0.05, 0.1) is 23.7 Å². The zero-order valence-electron chi connectivity index (χ0n) is 11.1. The molecule has 0 aliphatic carbocycles. The van der Waals surface area contributed by atoms with Gasteiger partial charge in [0.2, 0.25) is 0 Å². The maximum atomic E-state index is 9.90. The van der Waals surface area contributed by atoms with Crippen LogP contribution >= 0.6 is 11.3 Å². The van der Waals surface area contributed by atoms with Crippen molar-refractivity contribution in [3.63, 3.8) is 0 Å². The number of hydrogen-bond acceptors (Lipinski definition) is 6. The van der Waals surface area contributed by atoms with Gasteiger partial charge in [-0.1, -0.05) is 6.07 Å². The van der Waals surface area contributed by atoms with E-state index in [4.69, 9.17) is 10.5 Å². The van der Waals surface area contributed by atoms with E-state index in [9.17, 15) is 5.11 Å². The molecule has 2 N–H and O–H groups in total. The molecule has 0 amide bonds. The summed E-state index contributed by atoms with van der Waals surface area (Å²) in [7, 11) is 0. The standard InChI is InChI=1S/C15H12N4OS/c1-18-9-13(20)14-6-11(8-17)15(21-14)19-12-4-2-3-10(5-12)7-16/h2-6,13,19-20H,1,9H2. The average Bonchev–Trinajstić information content (AvgIpc) is 2.91. The van der Waals surface area contributed by atoms with Gasteiger partial charge in [0, 0.05) is 10.6 Å². The van der Waals surface area contributed by atoms with Gasteiger partial charge in [0.25, 0.3) is 0 Å². The molecule has 0 bridgehead atoms. The van der Waals surface area contributed by atoms with E-state index < -0.39 is 6.10 Å². The fraction of sp³-hybridized carbons (Fsp3) is 0.133. The molecule has 1 aromatic heterocycles. The summed E-state index contributed by atoms with van der Waals surface area (Å²) < 4.78 is 0. The topological polar surface area (TPSA) is 92.2 Å². The lowest BCUT2D eigenvalue weighted by atomic mass is 10.2. The lowest BCUT2D eigenvalue weighted by Gasteiger charge is -2.05. The Kier molecular flexibility index (Phi) is 4.68. The number of nitrogens with one attached hydrogen (secondary N) is 1. The van der Waals surface area contributed by atoms with Gasteiger partial charge in [-0.05, 0) is 31.0 Å². The van der Waals surface area contributed by atoms with E-state index >= 15 is 0 Å². The molecule has 0 aliphatic heterocycles. The third kappa shape index (κ3) is 3.46. The van der Waals surface area contributed by atoms with Gasteiger partial charge in [-0.2, -0.15) is 10.5 Å². The van der Waals surface area contributed by atoms with Crippen LogP contribution in [0, 0.1) is 22.7 Å². The summed E-state index contributed by atoms with van der Waals surface area (Å²) >= 11 is 1.29. The number of anilines is 2. The number of nitriles is 2. The number of aliphatic hydroxyl groups is 1. The van der Waals surface area contributed by atoms with Gasteiger partial charge in [-0.25, -0.2) is 0 Å². The Bertz CT molecular complexity index is 739. The second-order valence-corrected chi connectivity index (χ2v) is 5.33. The highest BCUT2D eigenvalue weighted by molar-refractivity contribution is 7.16. The van der Waals surface area contributed by atoms with Crippen LogP contribution in [0.2, 0.25) is 0 Å². The Morgan fingerprint density at radius 2 is 2.14 bits per heavy atom. The van der Waals surface area contributed by atoms with Crippen molar-refractivity contribution in [1.29, 1.82) is 10.5 Å². The van der Waals surface area contributed by atoms with E-state index in [0.717, 1.165) is 5.69 Å². The summed E-state index contributed by atoms with van der Waals surface area (Å²) in [6.45, 7) is 3.53. The summed E-state index contributed by atoms with van der Waals surface area (Å²) in [5, 5.41) is 31.7. The molecule has 0 aliphatic rings. The van der Waals surface area contributed by atoms with Crippen LogP contribution in [0.1, 0.15) is 22.1 Å². The van der Waals surface area contributed by atoms with Gasteiger partial charge in [0.15, 0.2) is 0 Å². The molecular formula is C15H12N4OS. The quantitative estimate of drug-likeness (QED) is 0.830. The van der Waals surface area contributed by atoms with Crippen molar-refractivity contribution in [1.82, 2.24) is 0 Å². The molecule has 1 aromatic carbocycles. The first-order valence-electron chi connectivity index (χ1n) is 6.09. The highest BCUT2D eigenvalue weighted by Gasteiger charge is 2.15. The minimum Gasteiger partial charge on any atom is -0.386 e. The first-order valence-corrected chi connectivity index (χ1v) is 6.91. The first kappa shape index (κ1) is 14.7. The largest absolute Gasteiger partial charge is 0.386 e. The molecule has 6 heteroatoms. The Labute approximate surface area is 126 Å². The summed E-state index contributed by atoms with van der Waals surface area (Å²) in [6, 6.07) is 12.8. The SMILES string of the molecule is C=NCC(O)c1cc(C#N)c(Nc2cccc(C#N)c2)s1. The van der Waals surface area contributed by atoms with Crippen molar-refractivity contribution in [3.05, 3.63) is 46.3 Å². The van der Waals surface area contributed by atoms with E-state index in [2.05, 4.69) is 29.2 Å². The summed E-state index contributed by atoms with van der Waals surface area (Å²) in [4.78, 5) is 4.30. The maximum absolute atomic E-state index is 9.90. The molecule has 1 atom stereocenters. The van der Waals surface area contributed by atoms with Gasteiger partial charge in [0.1, 0.15) is 17.2 Å².